The van der Waals surface area contributed by atoms with Crippen molar-refractivity contribution in [1.29, 1.82) is 0 Å². The monoisotopic (exact) mass is 214 g/mol. The van der Waals surface area contributed by atoms with Crippen molar-refractivity contribution in [3.8, 4) is 0 Å². The van der Waals surface area contributed by atoms with Crippen molar-refractivity contribution < 1.29 is 4.79 Å². The molecule has 0 aromatic heterocycles. The van der Waals surface area contributed by atoms with E-state index in [-0.39, 0.29) is 5.78 Å². The summed E-state index contributed by atoms with van der Waals surface area (Å²) < 4.78 is 0. The Morgan fingerprint density at radius 3 is 2.69 bits per heavy atom. The van der Waals surface area contributed by atoms with E-state index in [2.05, 4.69) is 19.1 Å². The lowest BCUT2D eigenvalue weighted by molar-refractivity contribution is 0.102. The van der Waals surface area contributed by atoms with Crippen LogP contribution in [0.15, 0.2) is 29.8 Å². The molecule has 0 N–H and O–H groups in total. The summed E-state index contributed by atoms with van der Waals surface area (Å²) in [6.07, 6.45) is 6.51. The summed E-state index contributed by atoms with van der Waals surface area (Å²) in [7, 11) is 0. The molecule has 1 aliphatic rings. The second-order valence-electron chi connectivity index (χ2n) is 4.55. The molecule has 0 heterocycles. The van der Waals surface area contributed by atoms with E-state index in [1.807, 2.05) is 19.1 Å². The van der Waals surface area contributed by atoms with Gasteiger partial charge in [-0.2, -0.15) is 0 Å². The molecule has 1 nitrogen and oxygen atoms in total. The maximum atomic E-state index is 12.3. The van der Waals surface area contributed by atoms with Gasteiger partial charge in [-0.15, -0.1) is 0 Å². The van der Waals surface area contributed by atoms with Crippen LogP contribution < -0.4 is 0 Å². The van der Waals surface area contributed by atoms with Crippen LogP contribution in [0.5, 0.6) is 0 Å². The lowest BCUT2D eigenvalue weighted by Gasteiger charge is -2.13. The van der Waals surface area contributed by atoms with E-state index in [1.165, 1.54) is 12.0 Å². The van der Waals surface area contributed by atoms with Crippen molar-refractivity contribution >= 4 is 5.78 Å². The van der Waals surface area contributed by atoms with Gasteiger partial charge in [0.05, 0.1) is 0 Å². The summed E-state index contributed by atoms with van der Waals surface area (Å²) in [4.78, 5) is 12.3. The normalized spacial score (nSPS) is 15.8. The molecule has 16 heavy (non-hydrogen) atoms. The van der Waals surface area contributed by atoms with Crippen LogP contribution in [0.25, 0.3) is 0 Å². The Labute approximate surface area is 97.2 Å². The predicted octanol–water partition coefficient (Wildman–Crippen LogP) is 3.99. The average molecular weight is 214 g/mol. The third kappa shape index (κ3) is 2.08. The van der Waals surface area contributed by atoms with Crippen LogP contribution in [-0.4, -0.2) is 5.78 Å². The topological polar surface area (TPSA) is 17.1 Å². The number of allylic oxidation sites excluding steroid dienone is 2. The third-order valence-electron chi connectivity index (χ3n) is 3.43. The number of ketones is 1. The lowest BCUT2D eigenvalue weighted by atomic mass is 9.90. The third-order valence-corrected chi connectivity index (χ3v) is 3.43. The number of carbonyl (C=O) groups is 1. The Morgan fingerprint density at radius 2 is 2.00 bits per heavy atom. The van der Waals surface area contributed by atoms with Gasteiger partial charge < -0.3 is 0 Å². The molecule has 1 aromatic rings. The molecule has 1 heteroatoms. The second kappa shape index (κ2) is 4.65. The van der Waals surface area contributed by atoms with Crippen molar-refractivity contribution in [1.82, 2.24) is 0 Å². The Kier molecular flexibility index (Phi) is 3.23. The van der Waals surface area contributed by atoms with Gasteiger partial charge in [0.15, 0.2) is 5.78 Å². The van der Waals surface area contributed by atoms with Gasteiger partial charge in [0.1, 0.15) is 0 Å². The fraction of sp³-hybridized carbons (Fsp3) is 0.400. The zero-order valence-corrected chi connectivity index (χ0v) is 10.0. The molecule has 0 spiro atoms. The van der Waals surface area contributed by atoms with Crippen molar-refractivity contribution in [3.63, 3.8) is 0 Å². The SMILES string of the molecule is Cc1cccc(C(=O)C2=CCCCC2)c1C. The van der Waals surface area contributed by atoms with Gasteiger partial charge in [-0.3, -0.25) is 4.79 Å². The molecule has 0 saturated heterocycles. The maximum Gasteiger partial charge on any atom is 0.188 e. The van der Waals surface area contributed by atoms with Gasteiger partial charge in [0.25, 0.3) is 0 Å². The van der Waals surface area contributed by atoms with E-state index in [0.29, 0.717) is 0 Å². The van der Waals surface area contributed by atoms with Crippen LogP contribution in [-0.2, 0) is 0 Å². The van der Waals surface area contributed by atoms with E-state index < -0.39 is 0 Å². The van der Waals surface area contributed by atoms with Crippen LogP contribution in [0, 0.1) is 13.8 Å². The first-order valence-corrected chi connectivity index (χ1v) is 6.00. The molecule has 0 radical (unpaired) electrons. The second-order valence-corrected chi connectivity index (χ2v) is 4.55. The molecule has 0 fully saturated rings. The molecule has 0 aliphatic heterocycles. The van der Waals surface area contributed by atoms with E-state index in [9.17, 15) is 4.79 Å². The van der Waals surface area contributed by atoms with Gasteiger partial charge in [0, 0.05) is 5.56 Å². The largest absolute Gasteiger partial charge is 0.289 e. The molecule has 0 unspecified atom stereocenters. The van der Waals surface area contributed by atoms with Gasteiger partial charge in [-0.25, -0.2) is 0 Å². The maximum absolute atomic E-state index is 12.3. The van der Waals surface area contributed by atoms with Crippen LogP contribution in [0.1, 0.15) is 47.2 Å². The van der Waals surface area contributed by atoms with Crippen molar-refractivity contribution in [2.24, 2.45) is 0 Å². The molecule has 1 aromatic carbocycles. The van der Waals surface area contributed by atoms with E-state index in [0.717, 1.165) is 36.0 Å². The van der Waals surface area contributed by atoms with Gasteiger partial charge in [-0.05, 0) is 56.2 Å². The summed E-state index contributed by atoms with van der Waals surface area (Å²) >= 11 is 0. The van der Waals surface area contributed by atoms with Crippen LogP contribution in [0.3, 0.4) is 0 Å². The summed E-state index contributed by atoms with van der Waals surface area (Å²) in [6, 6.07) is 5.97. The summed E-state index contributed by atoms with van der Waals surface area (Å²) in [5.74, 6) is 0.237. The fourth-order valence-electron chi connectivity index (χ4n) is 2.21. The van der Waals surface area contributed by atoms with E-state index >= 15 is 0 Å². The minimum absolute atomic E-state index is 0.237. The van der Waals surface area contributed by atoms with Gasteiger partial charge in [0.2, 0.25) is 0 Å². The number of rotatable bonds is 2. The first-order valence-electron chi connectivity index (χ1n) is 6.00. The van der Waals surface area contributed by atoms with Crippen molar-refractivity contribution in [2.75, 3.05) is 0 Å². The molecule has 2 rings (SSSR count). The van der Waals surface area contributed by atoms with Crippen LogP contribution in [0.2, 0.25) is 0 Å². The predicted molar refractivity (Wildman–Crippen MR) is 66.8 cm³/mol. The summed E-state index contributed by atoms with van der Waals surface area (Å²) in [6.45, 7) is 4.09. The molecule has 84 valence electrons. The molecular weight excluding hydrogens is 196 g/mol. The highest BCUT2D eigenvalue weighted by atomic mass is 16.1. The zero-order valence-electron chi connectivity index (χ0n) is 10.0. The Morgan fingerprint density at radius 1 is 1.19 bits per heavy atom. The number of hydrogen-bond acceptors (Lipinski definition) is 1. The van der Waals surface area contributed by atoms with Crippen molar-refractivity contribution in [3.05, 3.63) is 46.5 Å². The first kappa shape index (κ1) is 11.1. The number of hydrogen-bond donors (Lipinski definition) is 0. The number of Topliss-reactive ketones (excluding diaryl/α,β-unsaturated/α-hetero) is 1. The standard InChI is InChI=1S/C15H18O/c1-11-7-6-10-14(12(11)2)15(16)13-8-4-3-5-9-13/h6-8,10H,3-5,9H2,1-2H3. The van der Waals surface area contributed by atoms with Gasteiger partial charge in [-0.1, -0.05) is 24.3 Å². The highest BCUT2D eigenvalue weighted by Crippen LogP contribution is 2.23. The lowest BCUT2D eigenvalue weighted by Crippen LogP contribution is -2.08. The first-order chi connectivity index (χ1) is 7.70. The smallest absolute Gasteiger partial charge is 0.188 e. The Hall–Kier alpha value is -1.37. The number of carbonyl (C=O) groups excluding carboxylic acids is 1. The molecule has 0 saturated carbocycles. The van der Waals surface area contributed by atoms with E-state index in [4.69, 9.17) is 0 Å². The van der Waals surface area contributed by atoms with Gasteiger partial charge >= 0.3 is 0 Å². The average Bonchev–Trinajstić information content (AvgIpc) is 2.33. The highest BCUT2D eigenvalue weighted by Gasteiger charge is 2.16. The molecular formula is C15H18O. The fourth-order valence-corrected chi connectivity index (χ4v) is 2.21. The molecule has 1 aliphatic carbocycles. The summed E-state index contributed by atoms with van der Waals surface area (Å²) in [5, 5.41) is 0. The number of aryl methyl sites for hydroxylation is 1. The Bertz CT molecular complexity index is 441. The summed E-state index contributed by atoms with van der Waals surface area (Å²) in [5.41, 5.74) is 4.22. The minimum Gasteiger partial charge on any atom is -0.289 e. The highest BCUT2D eigenvalue weighted by molar-refractivity contribution is 6.09. The van der Waals surface area contributed by atoms with Crippen LogP contribution >= 0.6 is 0 Å². The van der Waals surface area contributed by atoms with Crippen molar-refractivity contribution in [2.45, 2.75) is 39.5 Å². The Balaban J connectivity index is 2.33. The molecule has 0 atom stereocenters. The zero-order chi connectivity index (χ0) is 11.5. The molecule has 0 bridgehead atoms. The minimum atomic E-state index is 0.237. The van der Waals surface area contributed by atoms with Crippen LogP contribution in [0.4, 0.5) is 0 Å². The van der Waals surface area contributed by atoms with E-state index in [1.54, 1.807) is 0 Å². The number of benzene rings is 1. The quantitative estimate of drug-likeness (QED) is 0.680. The molecule has 0 amide bonds.